The Morgan fingerprint density at radius 1 is 1.48 bits per heavy atom. The third kappa shape index (κ3) is 4.96. The van der Waals surface area contributed by atoms with Crippen molar-refractivity contribution in [2.24, 2.45) is 5.92 Å². The Morgan fingerprint density at radius 3 is 2.86 bits per heavy atom. The van der Waals surface area contributed by atoms with Crippen molar-refractivity contribution in [1.82, 2.24) is 15.1 Å². The molecule has 1 aliphatic heterocycles. The van der Waals surface area contributed by atoms with Gasteiger partial charge < -0.3 is 10.2 Å². The van der Waals surface area contributed by atoms with E-state index in [1.165, 1.54) is 11.3 Å². The van der Waals surface area contributed by atoms with Crippen molar-refractivity contribution >= 4 is 40.0 Å². The van der Waals surface area contributed by atoms with E-state index >= 15 is 0 Å². The SMILES string of the molecule is CSCCCC(=O)N1CCC(C(=O)Nc2nncs2)CC1. The molecular formula is C13H20N4O2S2. The van der Waals surface area contributed by atoms with Crippen molar-refractivity contribution in [3.63, 3.8) is 0 Å². The minimum Gasteiger partial charge on any atom is -0.343 e. The first-order valence-electron chi connectivity index (χ1n) is 7.04. The highest BCUT2D eigenvalue weighted by atomic mass is 32.2. The second-order valence-corrected chi connectivity index (χ2v) is 6.80. The number of nitrogens with zero attached hydrogens (tertiary/aromatic N) is 3. The minimum atomic E-state index is -0.0378. The van der Waals surface area contributed by atoms with Crippen molar-refractivity contribution < 1.29 is 9.59 Å². The second-order valence-electron chi connectivity index (χ2n) is 4.98. The lowest BCUT2D eigenvalue weighted by Crippen LogP contribution is -2.41. The van der Waals surface area contributed by atoms with Crippen molar-refractivity contribution in [2.75, 3.05) is 30.4 Å². The van der Waals surface area contributed by atoms with Gasteiger partial charge in [-0.15, -0.1) is 10.2 Å². The number of thioether (sulfide) groups is 1. The average Bonchev–Trinajstić information content (AvgIpc) is 3.00. The van der Waals surface area contributed by atoms with Gasteiger partial charge in [-0.25, -0.2) is 0 Å². The van der Waals surface area contributed by atoms with Crippen LogP contribution >= 0.6 is 23.1 Å². The van der Waals surface area contributed by atoms with E-state index in [0.29, 0.717) is 24.6 Å². The summed E-state index contributed by atoms with van der Waals surface area (Å²) in [6.45, 7) is 1.35. The van der Waals surface area contributed by atoms with Crippen LogP contribution in [-0.4, -0.2) is 52.0 Å². The molecule has 0 aromatic carbocycles. The maximum Gasteiger partial charge on any atom is 0.229 e. The van der Waals surface area contributed by atoms with Crippen LogP contribution in [0, 0.1) is 5.92 Å². The number of nitrogens with one attached hydrogen (secondary N) is 1. The van der Waals surface area contributed by atoms with Crippen LogP contribution in [0.4, 0.5) is 5.13 Å². The molecule has 0 spiro atoms. The van der Waals surface area contributed by atoms with Crippen LogP contribution in [0.2, 0.25) is 0 Å². The fourth-order valence-electron chi connectivity index (χ4n) is 2.35. The summed E-state index contributed by atoms with van der Waals surface area (Å²) in [7, 11) is 0. The van der Waals surface area contributed by atoms with Gasteiger partial charge in [-0.3, -0.25) is 9.59 Å². The number of carbonyl (C=O) groups is 2. The summed E-state index contributed by atoms with van der Waals surface area (Å²) in [5.74, 6) is 1.18. The largest absolute Gasteiger partial charge is 0.343 e. The van der Waals surface area contributed by atoms with Crippen molar-refractivity contribution in [1.29, 1.82) is 0 Å². The molecule has 0 bridgehead atoms. The maximum atomic E-state index is 12.1. The van der Waals surface area contributed by atoms with E-state index in [1.807, 2.05) is 11.2 Å². The summed E-state index contributed by atoms with van der Waals surface area (Å²) in [6, 6.07) is 0. The molecule has 1 aliphatic rings. The molecule has 116 valence electrons. The fraction of sp³-hybridized carbons (Fsp3) is 0.692. The molecule has 0 aliphatic carbocycles. The Kier molecular flexibility index (Phi) is 6.44. The molecule has 2 amide bonds. The summed E-state index contributed by atoms with van der Waals surface area (Å²) in [5, 5.41) is 10.8. The Balaban J connectivity index is 1.72. The van der Waals surface area contributed by atoms with Gasteiger partial charge >= 0.3 is 0 Å². The molecule has 1 aromatic rings. The topological polar surface area (TPSA) is 75.2 Å². The van der Waals surface area contributed by atoms with Gasteiger partial charge in [0, 0.05) is 25.4 Å². The first kappa shape index (κ1) is 16.2. The van der Waals surface area contributed by atoms with Gasteiger partial charge in [-0.2, -0.15) is 11.8 Å². The summed E-state index contributed by atoms with van der Waals surface area (Å²) in [6.07, 6.45) is 5.03. The highest BCUT2D eigenvalue weighted by Crippen LogP contribution is 2.20. The maximum absolute atomic E-state index is 12.1. The molecule has 1 saturated heterocycles. The normalized spacial score (nSPS) is 16.0. The minimum absolute atomic E-state index is 0.0127. The quantitative estimate of drug-likeness (QED) is 0.807. The number of likely N-dealkylation sites (tertiary alicyclic amines) is 1. The second kappa shape index (κ2) is 8.33. The molecular weight excluding hydrogens is 308 g/mol. The highest BCUT2D eigenvalue weighted by molar-refractivity contribution is 7.98. The molecule has 1 N–H and O–H groups in total. The zero-order valence-electron chi connectivity index (χ0n) is 12.1. The molecule has 6 nitrogen and oxygen atoms in total. The number of hydrogen-bond acceptors (Lipinski definition) is 6. The van der Waals surface area contributed by atoms with E-state index in [-0.39, 0.29) is 17.7 Å². The lowest BCUT2D eigenvalue weighted by atomic mass is 9.96. The molecule has 1 fully saturated rings. The monoisotopic (exact) mass is 328 g/mol. The van der Waals surface area contributed by atoms with E-state index in [2.05, 4.69) is 15.5 Å². The number of carbonyl (C=O) groups excluding carboxylic acids is 2. The van der Waals surface area contributed by atoms with Gasteiger partial charge in [-0.1, -0.05) is 11.3 Å². The van der Waals surface area contributed by atoms with Gasteiger partial charge in [0.25, 0.3) is 0 Å². The third-order valence-electron chi connectivity index (χ3n) is 3.55. The van der Waals surface area contributed by atoms with Crippen LogP contribution in [0.3, 0.4) is 0 Å². The summed E-state index contributed by atoms with van der Waals surface area (Å²) < 4.78 is 0. The van der Waals surface area contributed by atoms with Gasteiger partial charge in [0.15, 0.2) is 0 Å². The number of hydrogen-bond donors (Lipinski definition) is 1. The van der Waals surface area contributed by atoms with Crippen LogP contribution < -0.4 is 5.32 Å². The smallest absolute Gasteiger partial charge is 0.229 e. The summed E-state index contributed by atoms with van der Waals surface area (Å²) in [4.78, 5) is 26.0. The van der Waals surface area contributed by atoms with Crippen molar-refractivity contribution in [3.05, 3.63) is 5.51 Å². The molecule has 2 rings (SSSR count). The molecule has 21 heavy (non-hydrogen) atoms. The Labute approximate surface area is 132 Å². The summed E-state index contributed by atoms with van der Waals surface area (Å²) >= 11 is 3.07. The van der Waals surface area contributed by atoms with Crippen LogP contribution in [0.25, 0.3) is 0 Å². The lowest BCUT2D eigenvalue weighted by molar-refractivity contribution is -0.134. The molecule has 0 saturated carbocycles. The molecule has 1 aromatic heterocycles. The van der Waals surface area contributed by atoms with E-state index in [1.54, 1.807) is 17.3 Å². The number of piperidine rings is 1. The molecule has 0 radical (unpaired) electrons. The van der Waals surface area contributed by atoms with Gasteiger partial charge in [0.1, 0.15) is 5.51 Å². The first-order valence-corrected chi connectivity index (χ1v) is 9.32. The number of aromatic nitrogens is 2. The number of rotatable bonds is 6. The first-order chi connectivity index (χ1) is 10.2. The zero-order valence-corrected chi connectivity index (χ0v) is 13.7. The van der Waals surface area contributed by atoms with Crippen LogP contribution in [-0.2, 0) is 9.59 Å². The van der Waals surface area contributed by atoms with E-state index in [0.717, 1.165) is 25.0 Å². The van der Waals surface area contributed by atoms with Gasteiger partial charge in [0.2, 0.25) is 16.9 Å². The predicted octanol–water partition coefficient (Wildman–Crippen LogP) is 1.86. The standard InChI is InChI=1S/C13H20N4O2S2/c1-20-8-2-3-11(18)17-6-4-10(5-7-17)12(19)15-13-16-14-9-21-13/h9-10H,2-8H2,1H3,(H,15,16,19). The summed E-state index contributed by atoms with van der Waals surface area (Å²) in [5.41, 5.74) is 1.59. The molecule has 8 heteroatoms. The van der Waals surface area contributed by atoms with Crippen molar-refractivity contribution in [3.8, 4) is 0 Å². The third-order valence-corrected chi connectivity index (χ3v) is 4.85. The predicted molar refractivity (Wildman–Crippen MR) is 85.5 cm³/mol. The molecule has 0 unspecified atom stereocenters. The molecule has 2 heterocycles. The average molecular weight is 328 g/mol. The van der Waals surface area contributed by atoms with Crippen LogP contribution in [0.5, 0.6) is 0 Å². The van der Waals surface area contributed by atoms with Gasteiger partial charge in [-0.05, 0) is 31.3 Å². The van der Waals surface area contributed by atoms with E-state index < -0.39 is 0 Å². The highest BCUT2D eigenvalue weighted by Gasteiger charge is 2.27. The lowest BCUT2D eigenvalue weighted by Gasteiger charge is -2.31. The molecule has 0 atom stereocenters. The van der Waals surface area contributed by atoms with E-state index in [9.17, 15) is 9.59 Å². The number of amides is 2. The van der Waals surface area contributed by atoms with Crippen LogP contribution in [0.1, 0.15) is 25.7 Å². The fourth-order valence-corrected chi connectivity index (χ4v) is 3.23. The number of anilines is 1. The Hall–Kier alpha value is -1.15. The Morgan fingerprint density at radius 2 is 2.24 bits per heavy atom. The zero-order chi connectivity index (χ0) is 15.1. The van der Waals surface area contributed by atoms with Crippen LogP contribution in [0.15, 0.2) is 5.51 Å². The van der Waals surface area contributed by atoms with Crippen molar-refractivity contribution in [2.45, 2.75) is 25.7 Å². The van der Waals surface area contributed by atoms with E-state index in [4.69, 9.17) is 0 Å². The van der Waals surface area contributed by atoms with Gasteiger partial charge in [0.05, 0.1) is 0 Å². The Bertz CT molecular complexity index is 459.